The SMILES string of the molecule is O=c1cc(Oc2cccc(F)c2)nc(C2CC2)[nH]1. The van der Waals surface area contributed by atoms with Crippen molar-refractivity contribution in [2.75, 3.05) is 0 Å². The van der Waals surface area contributed by atoms with Crippen LogP contribution in [0.5, 0.6) is 11.6 Å². The lowest BCUT2D eigenvalue weighted by molar-refractivity contribution is 0.453. The summed E-state index contributed by atoms with van der Waals surface area (Å²) in [6.45, 7) is 0. The Hall–Kier alpha value is -2.17. The molecule has 0 aliphatic heterocycles. The second-order valence-corrected chi connectivity index (χ2v) is 4.30. The van der Waals surface area contributed by atoms with E-state index in [9.17, 15) is 9.18 Å². The van der Waals surface area contributed by atoms with E-state index < -0.39 is 0 Å². The Morgan fingerprint density at radius 1 is 1.33 bits per heavy atom. The van der Waals surface area contributed by atoms with Crippen molar-refractivity contribution in [3.8, 4) is 11.6 Å². The first-order valence-electron chi connectivity index (χ1n) is 5.75. The molecule has 1 fully saturated rings. The summed E-state index contributed by atoms with van der Waals surface area (Å²) in [6, 6.07) is 6.99. The number of hydrogen-bond donors (Lipinski definition) is 1. The maximum atomic E-state index is 13.0. The van der Waals surface area contributed by atoms with Crippen molar-refractivity contribution in [1.82, 2.24) is 9.97 Å². The van der Waals surface area contributed by atoms with Crippen LogP contribution < -0.4 is 10.3 Å². The molecule has 2 aromatic rings. The summed E-state index contributed by atoms with van der Waals surface area (Å²) in [6.07, 6.45) is 2.07. The van der Waals surface area contributed by atoms with Crippen molar-refractivity contribution >= 4 is 0 Å². The lowest BCUT2D eigenvalue weighted by Crippen LogP contribution is -2.10. The number of halogens is 1. The number of rotatable bonds is 3. The van der Waals surface area contributed by atoms with Crippen LogP contribution in [0.4, 0.5) is 4.39 Å². The normalized spacial score (nSPS) is 14.5. The molecule has 0 spiro atoms. The minimum atomic E-state index is -0.389. The highest BCUT2D eigenvalue weighted by Crippen LogP contribution is 2.38. The second kappa shape index (κ2) is 4.25. The number of ether oxygens (including phenoxy) is 1. The fraction of sp³-hybridized carbons (Fsp3) is 0.231. The Balaban J connectivity index is 1.90. The van der Waals surface area contributed by atoms with Crippen LogP contribution in [0.25, 0.3) is 0 Å². The van der Waals surface area contributed by atoms with Gasteiger partial charge in [0.2, 0.25) is 5.88 Å². The van der Waals surface area contributed by atoms with Gasteiger partial charge < -0.3 is 9.72 Å². The first-order valence-corrected chi connectivity index (χ1v) is 5.75. The standard InChI is InChI=1S/C13H11FN2O2/c14-9-2-1-3-10(6-9)18-12-7-11(17)15-13(16-12)8-4-5-8/h1-3,6-8H,4-5H2,(H,15,16,17). The van der Waals surface area contributed by atoms with Gasteiger partial charge in [0.25, 0.3) is 5.56 Å². The topological polar surface area (TPSA) is 55.0 Å². The van der Waals surface area contributed by atoms with Gasteiger partial charge in [0.15, 0.2) is 0 Å². The van der Waals surface area contributed by atoms with Gasteiger partial charge in [-0.2, -0.15) is 4.98 Å². The van der Waals surface area contributed by atoms with Gasteiger partial charge in [-0.15, -0.1) is 0 Å². The molecule has 92 valence electrons. The van der Waals surface area contributed by atoms with Gasteiger partial charge in [-0.3, -0.25) is 4.79 Å². The maximum absolute atomic E-state index is 13.0. The molecule has 5 heteroatoms. The van der Waals surface area contributed by atoms with E-state index in [0.29, 0.717) is 17.5 Å². The summed E-state index contributed by atoms with van der Waals surface area (Å²) < 4.78 is 18.4. The molecule has 1 aromatic carbocycles. The second-order valence-electron chi connectivity index (χ2n) is 4.30. The van der Waals surface area contributed by atoms with E-state index in [2.05, 4.69) is 9.97 Å². The highest BCUT2D eigenvalue weighted by atomic mass is 19.1. The molecule has 0 bridgehead atoms. The third-order valence-corrected chi connectivity index (χ3v) is 2.72. The first kappa shape index (κ1) is 11.0. The van der Waals surface area contributed by atoms with Gasteiger partial charge in [-0.05, 0) is 25.0 Å². The average molecular weight is 246 g/mol. The molecule has 18 heavy (non-hydrogen) atoms. The van der Waals surface area contributed by atoms with Gasteiger partial charge in [0, 0.05) is 12.0 Å². The molecular formula is C13H11FN2O2. The van der Waals surface area contributed by atoms with Gasteiger partial charge in [0.05, 0.1) is 6.07 Å². The van der Waals surface area contributed by atoms with Crippen LogP contribution in [0.3, 0.4) is 0 Å². The quantitative estimate of drug-likeness (QED) is 0.905. The van der Waals surface area contributed by atoms with E-state index in [0.717, 1.165) is 12.8 Å². The highest BCUT2D eigenvalue weighted by molar-refractivity contribution is 5.27. The number of nitrogens with zero attached hydrogens (tertiary/aromatic N) is 1. The zero-order chi connectivity index (χ0) is 12.5. The van der Waals surface area contributed by atoms with Gasteiger partial charge in [-0.25, -0.2) is 4.39 Å². The summed E-state index contributed by atoms with van der Waals surface area (Å²) >= 11 is 0. The van der Waals surface area contributed by atoms with E-state index in [1.165, 1.54) is 18.2 Å². The van der Waals surface area contributed by atoms with E-state index in [4.69, 9.17) is 4.74 Å². The monoisotopic (exact) mass is 246 g/mol. The van der Waals surface area contributed by atoms with Crippen LogP contribution in [0.15, 0.2) is 35.1 Å². The molecule has 1 heterocycles. The molecule has 1 N–H and O–H groups in total. The number of H-pyrrole nitrogens is 1. The van der Waals surface area contributed by atoms with Crippen molar-refractivity contribution in [3.63, 3.8) is 0 Å². The molecule has 0 atom stereocenters. The predicted molar refractivity (Wildman–Crippen MR) is 63.3 cm³/mol. The van der Waals surface area contributed by atoms with Crippen LogP contribution >= 0.6 is 0 Å². The fourth-order valence-electron chi connectivity index (χ4n) is 1.71. The molecule has 4 nitrogen and oxygen atoms in total. The summed E-state index contributed by atoms with van der Waals surface area (Å²) in [5, 5.41) is 0. The Kier molecular flexibility index (Phi) is 2.59. The third-order valence-electron chi connectivity index (χ3n) is 2.72. The number of hydrogen-bond acceptors (Lipinski definition) is 3. The lowest BCUT2D eigenvalue weighted by Gasteiger charge is -2.05. The molecular weight excluding hydrogens is 235 g/mol. The van der Waals surface area contributed by atoms with Crippen LogP contribution in [0, 0.1) is 5.82 Å². The molecule has 0 unspecified atom stereocenters. The average Bonchev–Trinajstić information content (AvgIpc) is 3.11. The number of aromatic nitrogens is 2. The van der Waals surface area contributed by atoms with Gasteiger partial charge in [0.1, 0.15) is 17.4 Å². The molecule has 0 saturated heterocycles. The minimum absolute atomic E-state index is 0.200. The first-order chi connectivity index (χ1) is 8.70. The number of benzene rings is 1. The van der Waals surface area contributed by atoms with Gasteiger partial charge >= 0.3 is 0 Å². The largest absolute Gasteiger partial charge is 0.439 e. The minimum Gasteiger partial charge on any atom is -0.439 e. The molecule has 0 amide bonds. The van der Waals surface area contributed by atoms with E-state index in [1.54, 1.807) is 12.1 Å². The van der Waals surface area contributed by atoms with Crippen LogP contribution in [0.2, 0.25) is 0 Å². The Morgan fingerprint density at radius 2 is 2.17 bits per heavy atom. The third kappa shape index (κ3) is 2.40. The molecule has 3 rings (SSSR count). The lowest BCUT2D eigenvalue weighted by atomic mass is 10.3. The maximum Gasteiger partial charge on any atom is 0.254 e. The smallest absolute Gasteiger partial charge is 0.254 e. The van der Waals surface area contributed by atoms with Crippen LogP contribution in [-0.2, 0) is 0 Å². The zero-order valence-corrected chi connectivity index (χ0v) is 9.52. The van der Waals surface area contributed by atoms with Crippen LogP contribution in [0.1, 0.15) is 24.6 Å². The van der Waals surface area contributed by atoms with Crippen molar-refractivity contribution < 1.29 is 9.13 Å². The summed E-state index contributed by atoms with van der Waals surface area (Å²) in [7, 11) is 0. The molecule has 1 aliphatic rings. The molecule has 1 aliphatic carbocycles. The highest BCUT2D eigenvalue weighted by Gasteiger charge is 2.26. The zero-order valence-electron chi connectivity index (χ0n) is 9.52. The summed E-state index contributed by atoms with van der Waals surface area (Å²) in [4.78, 5) is 18.4. The Bertz CT molecular complexity index is 635. The summed E-state index contributed by atoms with van der Waals surface area (Å²) in [5.41, 5.74) is -0.252. The van der Waals surface area contributed by atoms with E-state index >= 15 is 0 Å². The number of nitrogens with one attached hydrogen (secondary N) is 1. The predicted octanol–water partition coefficient (Wildman–Crippen LogP) is 2.58. The van der Waals surface area contributed by atoms with Gasteiger partial charge in [-0.1, -0.05) is 6.07 Å². The Morgan fingerprint density at radius 3 is 2.89 bits per heavy atom. The van der Waals surface area contributed by atoms with E-state index in [1.807, 2.05) is 0 Å². The van der Waals surface area contributed by atoms with Crippen molar-refractivity contribution in [2.45, 2.75) is 18.8 Å². The van der Waals surface area contributed by atoms with E-state index in [-0.39, 0.29) is 17.3 Å². The van der Waals surface area contributed by atoms with Crippen LogP contribution in [-0.4, -0.2) is 9.97 Å². The molecule has 1 aromatic heterocycles. The molecule has 1 saturated carbocycles. The molecule has 0 radical (unpaired) electrons. The van der Waals surface area contributed by atoms with Crippen molar-refractivity contribution in [2.24, 2.45) is 0 Å². The van der Waals surface area contributed by atoms with Crippen molar-refractivity contribution in [3.05, 3.63) is 52.3 Å². The fourth-order valence-corrected chi connectivity index (χ4v) is 1.71. The summed E-state index contributed by atoms with van der Waals surface area (Å²) in [5.74, 6) is 1.11. The number of aromatic amines is 1. The van der Waals surface area contributed by atoms with Crippen molar-refractivity contribution in [1.29, 1.82) is 0 Å². The Labute approximate surface area is 102 Å².